The smallest absolute Gasteiger partial charge is 0.0672 e. The predicted molar refractivity (Wildman–Crippen MR) is 39.2 cm³/mol. The Bertz CT molecular complexity index is 106. The minimum absolute atomic E-state index is 0.533. The van der Waals surface area contributed by atoms with Gasteiger partial charge in [0.2, 0.25) is 0 Å². The van der Waals surface area contributed by atoms with Gasteiger partial charge in [-0.25, -0.2) is 5.01 Å². The zero-order valence-corrected chi connectivity index (χ0v) is 6.79. The maximum absolute atomic E-state index is 9.20. The van der Waals surface area contributed by atoms with Crippen molar-refractivity contribution in [2.75, 3.05) is 19.7 Å². The lowest BCUT2D eigenvalue weighted by Crippen LogP contribution is -2.47. The van der Waals surface area contributed by atoms with Gasteiger partial charge in [0.05, 0.1) is 6.61 Å². The molecule has 1 aliphatic rings. The van der Waals surface area contributed by atoms with Crippen LogP contribution in [0.15, 0.2) is 0 Å². The Hall–Kier alpha value is -0.200. The molecule has 0 aromatic rings. The van der Waals surface area contributed by atoms with Crippen LogP contribution in [0.5, 0.6) is 0 Å². The van der Waals surface area contributed by atoms with Crippen LogP contribution in [-0.2, 0) is 4.84 Å². The van der Waals surface area contributed by atoms with Gasteiger partial charge in [0.25, 0.3) is 0 Å². The Kier molecular flexibility index (Phi) is 3.74. The van der Waals surface area contributed by atoms with Crippen LogP contribution < -0.4 is 5.59 Å². The molecule has 1 fully saturated rings. The summed E-state index contributed by atoms with van der Waals surface area (Å²) >= 11 is 0. The number of hydrazine groups is 2. The quantitative estimate of drug-likeness (QED) is 0.574. The first kappa shape index (κ1) is 8.89. The molecule has 11 heavy (non-hydrogen) atoms. The van der Waals surface area contributed by atoms with Gasteiger partial charge in [0, 0.05) is 13.1 Å². The molecule has 2 N–H and O–H groups in total. The molecule has 5 nitrogen and oxygen atoms in total. The van der Waals surface area contributed by atoms with Crippen molar-refractivity contribution < 1.29 is 10.0 Å². The molecular formula is C6H15N3O2. The molecule has 0 aromatic carbocycles. The molecule has 0 radical (unpaired) electrons. The second kappa shape index (κ2) is 4.63. The van der Waals surface area contributed by atoms with E-state index in [2.05, 4.69) is 5.59 Å². The van der Waals surface area contributed by atoms with Crippen molar-refractivity contribution in [1.82, 2.24) is 15.9 Å². The third-order valence-electron chi connectivity index (χ3n) is 1.64. The predicted octanol–water partition coefficient (Wildman–Crippen LogP) is 0.145. The van der Waals surface area contributed by atoms with E-state index in [1.165, 1.54) is 0 Å². The average molecular weight is 161 g/mol. The summed E-state index contributed by atoms with van der Waals surface area (Å²) in [4.78, 5) is 4.79. The number of nitrogens with zero attached hydrogens (tertiary/aromatic N) is 2. The van der Waals surface area contributed by atoms with Crippen molar-refractivity contribution in [2.45, 2.75) is 19.8 Å². The maximum Gasteiger partial charge on any atom is 0.0672 e. The maximum atomic E-state index is 9.20. The van der Waals surface area contributed by atoms with E-state index in [-0.39, 0.29) is 0 Å². The lowest BCUT2D eigenvalue weighted by Gasteiger charge is -2.23. The van der Waals surface area contributed by atoms with Crippen LogP contribution in [-0.4, -0.2) is 35.2 Å². The Balaban J connectivity index is 2.12. The van der Waals surface area contributed by atoms with E-state index < -0.39 is 0 Å². The third kappa shape index (κ3) is 2.72. The minimum atomic E-state index is 0.533. The van der Waals surface area contributed by atoms with E-state index in [1.807, 2.05) is 6.92 Å². The van der Waals surface area contributed by atoms with E-state index in [9.17, 15) is 5.21 Å². The summed E-state index contributed by atoms with van der Waals surface area (Å²) in [5, 5.41) is 11.9. The first-order chi connectivity index (χ1) is 5.34. The SMILES string of the molecule is CCONN(O)N1CCCC1. The molecule has 1 rings (SSSR count). The monoisotopic (exact) mass is 161 g/mol. The van der Waals surface area contributed by atoms with Crippen molar-refractivity contribution in [1.29, 1.82) is 0 Å². The minimum Gasteiger partial charge on any atom is -0.284 e. The van der Waals surface area contributed by atoms with Crippen molar-refractivity contribution in [3.63, 3.8) is 0 Å². The molecule has 0 amide bonds. The lowest BCUT2D eigenvalue weighted by atomic mass is 10.4. The van der Waals surface area contributed by atoms with Crippen molar-refractivity contribution in [3.8, 4) is 0 Å². The van der Waals surface area contributed by atoms with Crippen LogP contribution >= 0.6 is 0 Å². The van der Waals surface area contributed by atoms with E-state index in [4.69, 9.17) is 4.84 Å². The molecule has 1 aliphatic heterocycles. The molecule has 1 saturated heterocycles. The van der Waals surface area contributed by atoms with Crippen molar-refractivity contribution in [2.24, 2.45) is 0 Å². The van der Waals surface area contributed by atoms with Crippen LogP contribution in [0.3, 0.4) is 0 Å². The van der Waals surface area contributed by atoms with Gasteiger partial charge in [0.15, 0.2) is 0 Å². The highest BCUT2D eigenvalue weighted by Crippen LogP contribution is 2.07. The van der Waals surface area contributed by atoms with Crippen LogP contribution in [0.2, 0.25) is 0 Å². The molecule has 0 unspecified atom stereocenters. The number of rotatable bonds is 4. The number of hydrogen-bond acceptors (Lipinski definition) is 5. The lowest BCUT2D eigenvalue weighted by molar-refractivity contribution is -0.338. The summed E-state index contributed by atoms with van der Waals surface area (Å²) in [7, 11) is 0. The molecule has 0 spiro atoms. The second-order valence-electron chi connectivity index (χ2n) is 2.47. The highest BCUT2D eigenvalue weighted by molar-refractivity contribution is 4.58. The van der Waals surface area contributed by atoms with E-state index in [0.717, 1.165) is 31.2 Å². The van der Waals surface area contributed by atoms with Gasteiger partial charge in [-0.2, -0.15) is 0 Å². The van der Waals surface area contributed by atoms with Gasteiger partial charge < -0.3 is 0 Å². The molecule has 66 valence electrons. The van der Waals surface area contributed by atoms with Gasteiger partial charge in [-0.3, -0.25) is 10.0 Å². The highest BCUT2D eigenvalue weighted by atomic mass is 16.8. The van der Waals surface area contributed by atoms with E-state index in [0.29, 0.717) is 6.61 Å². The van der Waals surface area contributed by atoms with Crippen LogP contribution in [0.1, 0.15) is 19.8 Å². The first-order valence-electron chi connectivity index (χ1n) is 3.96. The van der Waals surface area contributed by atoms with Gasteiger partial charge in [-0.1, -0.05) is 5.59 Å². The molecule has 0 saturated carbocycles. The van der Waals surface area contributed by atoms with Crippen LogP contribution in [0.25, 0.3) is 0 Å². The molecule has 5 heteroatoms. The van der Waals surface area contributed by atoms with Crippen molar-refractivity contribution in [3.05, 3.63) is 0 Å². The Labute approximate surface area is 66.4 Å². The van der Waals surface area contributed by atoms with Crippen LogP contribution in [0, 0.1) is 0 Å². The summed E-state index contributed by atoms with van der Waals surface area (Å²) in [6.07, 6.45) is 2.26. The first-order valence-corrected chi connectivity index (χ1v) is 3.96. The summed E-state index contributed by atoms with van der Waals surface area (Å²) in [5.41, 5.74) is 2.39. The fraction of sp³-hybridized carbons (Fsp3) is 1.00. The van der Waals surface area contributed by atoms with Crippen molar-refractivity contribution >= 4 is 0 Å². The zero-order valence-electron chi connectivity index (χ0n) is 6.79. The Morgan fingerprint density at radius 3 is 2.73 bits per heavy atom. The molecule has 0 bridgehead atoms. The third-order valence-corrected chi connectivity index (χ3v) is 1.64. The number of nitrogens with one attached hydrogen (secondary N) is 1. The fourth-order valence-corrected chi connectivity index (χ4v) is 1.07. The molecule has 0 aliphatic carbocycles. The molecule has 0 atom stereocenters. The normalized spacial score (nSPS) is 19.9. The molecular weight excluding hydrogens is 146 g/mol. The van der Waals surface area contributed by atoms with Gasteiger partial charge in [-0.15, -0.1) is 0 Å². The summed E-state index contributed by atoms with van der Waals surface area (Å²) in [5.74, 6) is 0. The second-order valence-corrected chi connectivity index (χ2v) is 2.47. The van der Waals surface area contributed by atoms with E-state index >= 15 is 0 Å². The highest BCUT2D eigenvalue weighted by Gasteiger charge is 2.17. The largest absolute Gasteiger partial charge is 0.284 e. The molecule has 0 aromatic heterocycles. The van der Waals surface area contributed by atoms with Gasteiger partial charge in [0.1, 0.15) is 0 Å². The summed E-state index contributed by atoms with van der Waals surface area (Å²) in [6.45, 7) is 4.16. The van der Waals surface area contributed by atoms with Crippen LogP contribution in [0.4, 0.5) is 0 Å². The topological polar surface area (TPSA) is 48.0 Å². The Morgan fingerprint density at radius 2 is 2.18 bits per heavy atom. The van der Waals surface area contributed by atoms with E-state index in [1.54, 1.807) is 5.01 Å². The Morgan fingerprint density at radius 1 is 1.55 bits per heavy atom. The zero-order chi connectivity index (χ0) is 8.10. The van der Waals surface area contributed by atoms with Gasteiger partial charge >= 0.3 is 0 Å². The molecule has 1 heterocycles. The van der Waals surface area contributed by atoms with Gasteiger partial charge in [-0.05, 0) is 25.0 Å². The summed E-state index contributed by atoms with van der Waals surface area (Å²) < 4.78 is 0. The number of hydrogen-bond donors (Lipinski definition) is 2. The fourth-order valence-electron chi connectivity index (χ4n) is 1.07. The average Bonchev–Trinajstić information content (AvgIpc) is 2.52. The standard InChI is InChI=1S/C6H15N3O2/c1-2-11-7-9(10)8-5-3-4-6-8/h7,10H,2-6H2,1H3. The summed E-state index contributed by atoms with van der Waals surface area (Å²) in [6, 6.07) is 0.